The van der Waals surface area contributed by atoms with Crippen LogP contribution in [0.25, 0.3) is 0 Å². The van der Waals surface area contributed by atoms with Gasteiger partial charge in [-0.05, 0) is 43.1 Å². The fourth-order valence-corrected chi connectivity index (χ4v) is 3.05. The highest BCUT2D eigenvalue weighted by molar-refractivity contribution is 5.82. The molecule has 160 valence electrons. The zero-order valence-corrected chi connectivity index (χ0v) is 18.5. The van der Waals surface area contributed by atoms with Gasteiger partial charge in [-0.3, -0.25) is 14.6 Å². The third kappa shape index (κ3) is 11.0. The molecule has 0 aromatic heterocycles. The standard InChI is InChI=1S/C15H27NO2.C9H13N.H2/c1-10(15(2,3)4)13(17)9-11-6-5-7-12(8-11)14(16)18;1-4-6-7-8-10-9(3)5-2;/h10-12H,5-9H2,1-4H3,(H2,16,18);4,6-8H,1,3,5H2,2H3;1H/b;7-6-,10-8?;/t10-,11?,12-;;/m1../s1. The number of Topliss-reactive ketones (excluding diaryl/α,β-unsaturated/α-hetero) is 1. The van der Waals surface area contributed by atoms with Gasteiger partial charge in [-0.2, -0.15) is 0 Å². The van der Waals surface area contributed by atoms with Crippen LogP contribution in [-0.4, -0.2) is 17.9 Å². The molecule has 0 spiro atoms. The molecule has 1 rings (SSSR count). The highest BCUT2D eigenvalue weighted by Crippen LogP contribution is 2.34. The maximum atomic E-state index is 12.2. The largest absolute Gasteiger partial charge is 0.369 e. The molecule has 1 unspecified atom stereocenters. The Labute approximate surface area is 173 Å². The van der Waals surface area contributed by atoms with E-state index in [1.807, 2.05) is 26.0 Å². The Balaban J connectivity index is 0. The highest BCUT2D eigenvalue weighted by atomic mass is 16.1. The first-order valence-corrected chi connectivity index (χ1v) is 10.3. The van der Waals surface area contributed by atoms with Gasteiger partial charge in [0, 0.05) is 31.6 Å². The minimum atomic E-state index is -0.198. The van der Waals surface area contributed by atoms with E-state index in [0.717, 1.165) is 37.8 Å². The fraction of sp³-hybridized carbons (Fsp3) is 0.625. The normalized spacial score (nSPS) is 21.0. The van der Waals surface area contributed by atoms with Gasteiger partial charge in [-0.1, -0.05) is 66.3 Å². The van der Waals surface area contributed by atoms with Crippen molar-refractivity contribution in [3.63, 3.8) is 0 Å². The van der Waals surface area contributed by atoms with Gasteiger partial charge in [0.25, 0.3) is 0 Å². The molecule has 1 fully saturated rings. The van der Waals surface area contributed by atoms with E-state index in [2.05, 4.69) is 38.9 Å². The second-order valence-electron chi connectivity index (χ2n) is 8.71. The van der Waals surface area contributed by atoms with Gasteiger partial charge in [0.05, 0.1) is 0 Å². The quantitative estimate of drug-likeness (QED) is 0.414. The summed E-state index contributed by atoms with van der Waals surface area (Å²) in [6.07, 6.45) is 12.4. The molecule has 0 aromatic carbocycles. The molecule has 1 aliphatic carbocycles. The molecule has 0 heterocycles. The number of allylic oxidation sites excluding steroid dienone is 4. The predicted octanol–water partition coefficient (Wildman–Crippen LogP) is 5.89. The SMILES string of the molecule is C=C/C=C\C=NC(=C)CC.C[C@H](C(=O)CC1CCC[C@@H](C(N)=O)C1)C(C)(C)C.[HH]. The van der Waals surface area contributed by atoms with E-state index in [1.165, 1.54) is 0 Å². The fourth-order valence-electron chi connectivity index (χ4n) is 3.05. The number of carbonyl (C=O) groups is 2. The minimum absolute atomic E-state index is 0. The number of primary amides is 1. The Hall–Kier alpha value is -1.97. The number of nitrogens with two attached hydrogens (primary N) is 1. The van der Waals surface area contributed by atoms with Crippen molar-refractivity contribution in [3.8, 4) is 0 Å². The maximum absolute atomic E-state index is 12.2. The highest BCUT2D eigenvalue weighted by Gasteiger charge is 2.31. The Morgan fingerprint density at radius 2 is 1.93 bits per heavy atom. The molecule has 28 heavy (non-hydrogen) atoms. The number of hydrogen-bond donors (Lipinski definition) is 1. The van der Waals surface area contributed by atoms with E-state index in [4.69, 9.17) is 5.73 Å². The van der Waals surface area contributed by atoms with E-state index in [1.54, 1.807) is 12.3 Å². The predicted molar refractivity (Wildman–Crippen MR) is 122 cm³/mol. The molecule has 0 radical (unpaired) electrons. The molecule has 2 N–H and O–H groups in total. The zero-order valence-electron chi connectivity index (χ0n) is 18.5. The smallest absolute Gasteiger partial charge is 0.220 e. The van der Waals surface area contributed by atoms with Crippen molar-refractivity contribution >= 4 is 17.9 Å². The second kappa shape index (κ2) is 13.2. The van der Waals surface area contributed by atoms with Crippen LogP contribution in [0.2, 0.25) is 0 Å². The van der Waals surface area contributed by atoms with E-state index < -0.39 is 0 Å². The molecular weight excluding hydrogens is 348 g/mol. The van der Waals surface area contributed by atoms with Crippen LogP contribution in [0.4, 0.5) is 0 Å². The van der Waals surface area contributed by atoms with E-state index >= 15 is 0 Å². The van der Waals surface area contributed by atoms with Gasteiger partial charge in [-0.25, -0.2) is 0 Å². The summed E-state index contributed by atoms with van der Waals surface area (Å²) in [4.78, 5) is 27.5. The number of rotatable bonds is 8. The Bertz CT molecular complexity index is 588. The van der Waals surface area contributed by atoms with Gasteiger partial charge >= 0.3 is 0 Å². The van der Waals surface area contributed by atoms with Gasteiger partial charge in [0.2, 0.25) is 5.91 Å². The lowest BCUT2D eigenvalue weighted by Crippen LogP contribution is -2.32. The summed E-state index contributed by atoms with van der Waals surface area (Å²) in [5.74, 6) is 0.551. The summed E-state index contributed by atoms with van der Waals surface area (Å²) < 4.78 is 0. The van der Waals surface area contributed by atoms with Crippen LogP contribution in [0.15, 0.2) is 42.1 Å². The first kappa shape index (κ1) is 26.0. The number of carbonyl (C=O) groups excluding carboxylic acids is 2. The van der Waals surface area contributed by atoms with Crippen LogP contribution >= 0.6 is 0 Å². The van der Waals surface area contributed by atoms with E-state index in [-0.39, 0.29) is 24.6 Å². The van der Waals surface area contributed by atoms with Crippen molar-refractivity contribution in [1.82, 2.24) is 0 Å². The second-order valence-corrected chi connectivity index (χ2v) is 8.71. The van der Waals surface area contributed by atoms with E-state index in [9.17, 15) is 9.59 Å². The number of ketones is 1. The summed E-state index contributed by atoms with van der Waals surface area (Å²) in [6.45, 7) is 17.6. The van der Waals surface area contributed by atoms with Crippen LogP contribution in [0.5, 0.6) is 0 Å². The Kier molecular flexibility index (Phi) is 12.3. The molecule has 4 heteroatoms. The molecule has 1 saturated carbocycles. The van der Waals surface area contributed by atoms with Gasteiger partial charge in [0.15, 0.2) is 0 Å². The Morgan fingerprint density at radius 3 is 2.43 bits per heavy atom. The molecular formula is C24H42N2O2. The van der Waals surface area contributed by atoms with Crippen molar-refractivity contribution in [2.45, 2.75) is 73.1 Å². The average molecular weight is 391 g/mol. The molecule has 1 amide bonds. The number of amides is 1. The average Bonchev–Trinajstić information content (AvgIpc) is 2.64. The lowest BCUT2D eigenvalue weighted by molar-refractivity contribution is -0.128. The van der Waals surface area contributed by atoms with Crippen LogP contribution in [0, 0.1) is 23.2 Å². The first-order chi connectivity index (χ1) is 13.0. The zero-order chi connectivity index (χ0) is 21.7. The summed E-state index contributed by atoms with van der Waals surface area (Å²) in [5.41, 5.74) is 6.29. The summed E-state index contributed by atoms with van der Waals surface area (Å²) in [7, 11) is 0. The number of hydrogen-bond acceptors (Lipinski definition) is 3. The van der Waals surface area contributed by atoms with Crippen molar-refractivity contribution in [3.05, 3.63) is 37.1 Å². The topological polar surface area (TPSA) is 72.5 Å². The maximum Gasteiger partial charge on any atom is 0.220 e. The minimum Gasteiger partial charge on any atom is -0.369 e. The van der Waals surface area contributed by atoms with Crippen molar-refractivity contribution in [1.29, 1.82) is 0 Å². The monoisotopic (exact) mass is 390 g/mol. The first-order valence-electron chi connectivity index (χ1n) is 10.3. The lowest BCUT2D eigenvalue weighted by atomic mass is 9.73. The van der Waals surface area contributed by atoms with Crippen LogP contribution in [0.3, 0.4) is 0 Å². The van der Waals surface area contributed by atoms with Gasteiger partial charge in [-0.15, -0.1) is 0 Å². The molecule has 1 aliphatic rings. The molecule has 0 aromatic rings. The summed E-state index contributed by atoms with van der Waals surface area (Å²) in [6, 6.07) is 0. The molecule has 0 saturated heterocycles. The summed E-state index contributed by atoms with van der Waals surface area (Å²) >= 11 is 0. The van der Waals surface area contributed by atoms with Crippen LogP contribution in [0.1, 0.15) is 74.6 Å². The lowest BCUT2D eigenvalue weighted by Gasteiger charge is -2.30. The van der Waals surface area contributed by atoms with E-state index in [0.29, 0.717) is 18.1 Å². The molecule has 0 bridgehead atoms. The molecule has 4 nitrogen and oxygen atoms in total. The number of aliphatic imine (C=N–C) groups is 1. The third-order valence-electron chi connectivity index (χ3n) is 5.46. The molecule has 3 atom stereocenters. The van der Waals surface area contributed by atoms with Crippen molar-refractivity contribution in [2.75, 3.05) is 0 Å². The van der Waals surface area contributed by atoms with Crippen molar-refractivity contribution in [2.24, 2.45) is 33.9 Å². The third-order valence-corrected chi connectivity index (χ3v) is 5.46. The van der Waals surface area contributed by atoms with Gasteiger partial charge in [0.1, 0.15) is 5.78 Å². The van der Waals surface area contributed by atoms with Crippen molar-refractivity contribution < 1.29 is 11.0 Å². The summed E-state index contributed by atoms with van der Waals surface area (Å²) in [5, 5.41) is 0. The molecule has 0 aliphatic heterocycles. The van der Waals surface area contributed by atoms with Crippen LogP contribution in [-0.2, 0) is 9.59 Å². The van der Waals surface area contributed by atoms with Gasteiger partial charge < -0.3 is 5.73 Å². The Morgan fingerprint density at radius 1 is 1.29 bits per heavy atom. The number of nitrogens with zero attached hydrogens (tertiary/aromatic N) is 1. The van der Waals surface area contributed by atoms with Crippen LogP contribution < -0.4 is 5.73 Å².